The molecule has 0 radical (unpaired) electrons. The highest BCUT2D eigenvalue weighted by molar-refractivity contribution is 7.07. The lowest BCUT2D eigenvalue weighted by atomic mass is 9.96. The Labute approximate surface area is 264 Å². The van der Waals surface area contributed by atoms with Crippen molar-refractivity contribution >= 4 is 45.8 Å². The zero-order valence-electron chi connectivity index (χ0n) is 24.4. The van der Waals surface area contributed by atoms with Crippen LogP contribution in [-0.4, -0.2) is 28.0 Å². The average Bonchev–Trinajstić information content (AvgIpc) is 3.35. The van der Waals surface area contributed by atoms with Gasteiger partial charge in [-0.25, -0.2) is 19.0 Å². The third-order valence-electron chi connectivity index (χ3n) is 7.43. The molecule has 2 heterocycles. The molecule has 6 rings (SSSR count). The fraction of sp³-hybridized carbons (Fsp3) is 0.118. The Morgan fingerprint density at radius 2 is 1.74 bits per heavy atom. The molecule has 0 bridgehead atoms. The van der Waals surface area contributed by atoms with Gasteiger partial charge in [-0.05, 0) is 66.6 Å². The number of allylic oxidation sites excluding steroid dienone is 1. The minimum Gasteiger partial charge on any atom is -0.463 e. The molecule has 0 saturated carbocycles. The second-order valence-corrected chi connectivity index (χ2v) is 11.3. The third kappa shape index (κ3) is 5.61. The molecular formula is C34H24FN3O7S. The summed E-state index contributed by atoms with van der Waals surface area (Å²) in [6.07, 6.45) is 1.61. The number of carbonyl (C=O) groups excluding carboxylic acids is 2. The number of halogens is 1. The summed E-state index contributed by atoms with van der Waals surface area (Å²) in [6.45, 7) is 3.44. The fourth-order valence-electron chi connectivity index (χ4n) is 5.27. The van der Waals surface area contributed by atoms with Gasteiger partial charge in [0, 0.05) is 17.7 Å². The Balaban J connectivity index is 1.51. The van der Waals surface area contributed by atoms with Gasteiger partial charge in [0.05, 0.1) is 38.9 Å². The number of ether oxygens (including phenoxy) is 2. The van der Waals surface area contributed by atoms with Crippen LogP contribution in [0.1, 0.15) is 41.4 Å². The standard InChI is InChI=1S/C34H24FN3O7S/c1-3-44-33(41)29-19(2)36-34-37(30(29)21-8-13-23(35)14-9-21)31(39)28(46-34)18-26-25-7-5-4-6-20(25)12-17-27(26)45-32(40)22-10-15-24(16-11-22)38(42)43/h4-18,30H,3H2,1-2H3/b28-18-/t30-/m0/s1. The lowest BCUT2D eigenvalue weighted by molar-refractivity contribution is -0.384. The van der Waals surface area contributed by atoms with Gasteiger partial charge >= 0.3 is 11.9 Å². The molecule has 1 aliphatic heterocycles. The Morgan fingerprint density at radius 3 is 2.43 bits per heavy atom. The van der Waals surface area contributed by atoms with E-state index in [1.54, 1.807) is 32.1 Å². The van der Waals surface area contributed by atoms with Crippen LogP contribution in [0.15, 0.2) is 106 Å². The van der Waals surface area contributed by atoms with Crippen LogP contribution in [0, 0.1) is 15.9 Å². The molecule has 0 saturated heterocycles. The first kappa shape index (κ1) is 30.3. The van der Waals surface area contributed by atoms with Crippen molar-refractivity contribution in [1.29, 1.82) is 0 Å². The second-order valence-electron chi connectivity index (χ2n) is 10.2. The van der Waals surface area contributed by atoms with Crippen molar-refractivity contribution in [2.45, 2.75) is 19.9 Å². The molecule has 12 heteroatoms. The predicted octanol–water partition coefficient (Wildman–Crippen LogP) is 5.22. The minimum atomic E-state index is -0.926. The molecule has 1 aliphatic rings. The van der Waals surface area contributed by atoms with E-state index in [0.29, 0.717) is 27.0 Å². The summed E-state index contributed by atoms with van der Waals surface area (Å²) < 4.78 is 26.6. The maximum absolute atomic E-state index is 14.1. The van der Waals surface area contributed by atoms with E-state index < -0.39 is 34.3 Å². The van der Waals surface area contributed by atoms with E-state index in [0.717, 1.165) is 16.7 Å². The average molecular weight is 638 g/mol. The number of nitro benzene ring substituents is 1. The number of thiazole rings is 1. The number of hydrogen-bond donors (Lipinski definition) is 0. The number of fused-ring (bicyclic) bond motifs is 2. The molecule has 0 N–H and O–H groups in total. The third-order valence-corrected chi connectivity index (χ3v) is 8.41. The van der Waals surface area contributed by atoms with Crippen molar-refractivity contribution in [3.8, 4) is 5.75 Å². The highest BCUT2D eigenvalue weighted by Crippen LogP contribution is 2.32. The summed E-state index contributed by atoms with van der Waals surface area (Å²) in [4.78, 5) is 55.8. The first-order valence-corrected chi connectivity index (χ1v) is 14.9. The number of esters is 2. The van der Waals surface area contributed by atoms with Gasteiger partial charge in [0.15, 0.2) is 4.80 Å². The van der Waals surface area contributed by atoms with E-state index in [2.05, 4.69) is 4.99 Å². The van der Waals surface area contributed by atoms with Crippen LogP contribution in [-0.2, 0) is 9.53 Å². The maximum atomic E-state index is 14.1. The smallest absolute Gasteiger partial charge is 0.343 e. The molecule has 1 atom stereocenters. The van der Waals surface area contributed by atoms with E-state index in [4.69, 9.17) is 9.47 Å². The van der Waals surface area contributed by atoms with Crippen LogP contribution in [0.25, 0.3) is 16.8 Å². The highest BCUT2D eigenvalue weighted by Gasteiger charge is 2.33. The van der Waals surface area contributed by atoms with Crippen molar-refractivity contribution in [3.05, 3.63) is 149 Å². The summed E-state index contributed by atoms with van der Waals surface area (Å²) in [6, 6.07) is 20.4. The lowest BCUT2D eigenvalue weighted by Crippen LogP contribution is -2.40. The summed E-state index contributed by atoms with van der Waals surface area (Å²) in [5.74, 6) is -1.69. The van der Waals surface area contributed by atoms with Crippen LogP contribution in [0.5, 0.6) is 5.75 Å². The van der Waals surface area contributed by atoms with Gasteiger partial charge in [0.2, 0.25) is 0 Å². The van der Waals surface area contributed by atoms with Crippen LogP contribution in [0.3, 0.4) is 0 Å². The normalized spacial score (nSPS) is 14.5. The van der Waals surface area contributed by atoms with E-state index in [-0.39, 0.29) is 33.7 Å². The van der Waals surface area contributed by atoms with Gasteiger partial charge in [0.1, 0.15) is 11.6 Å². The van der Waals surface area contributed by atoms with Crippen molar-refractivity contribution in [1.82, 2.24) is 4.57 Å². The number of carbonyl (C=O) groups is 2. The zero-order chi connectivity index (χ0) is 32.5. The van der Waals surface area contributed by atoms with E-state index >= 15 is 0 Å². The molecule has 0 amide bonds. The van der Waals surface area contributed by atoms with Crippen molar-refractivity contribution in [2.75, 3.05) is 6.61 Å². The second kappa shape index (κ2) is 12.3. The fourth-order valence-corrected chi connectivity index (χ4v) is 6.30. The Kier molecular flexibility index (Phi) is 8.12. The van der Waals surface area contributed by atoms with Crippen LogP contribution in [0.4, 0.5) is 10.1 Å². The number of benzene rings is 4. The molecule has 0 fully saturated rings. The minimum absolute atomic E-state index is 0.102. The summed E-state index contributed by atoms with van der Waals surface area (Å²) in [5.41, 5.74) is 0.934. The Morgan fingerprint density at radius 1 is 1.02 bits per heavy atom. The van der Waals surface area contributed by atoms with Crippen LogP contribution >= 0.6 is 11.3 Å². The van der Waals surface area contributed by atoms with Crippen LogP contribution < -0.4 is 19.6 Å². The Hall–Kier alpha value is -5.75. The molecule has 46 heavy (non-hydrogen) atoms. The first-order chi connectivity index (χ1) is 22.2. The van der Waals surface area contributed by atoms with E-state index in [9.17, 15) is 28.9 Å². The summed E-state index contributed by atoms with van der Waals surface area (Å²) in [5, 5.41) is 12.6. The number of aromatic nitrogens is 1. The molecule has 0 unspecified atom stereocenters. The molecule has 230 valence electrons. The van der Waals surface area contributed by atoms with Gasteiger partial charge in [0.25, 0.3) is 11.2 Å². The monoisotopic (exact) mass is 637 g/mol. The molecule has 10 nitrogen and oxygen atoms in total. The first-order valence-electron chi connectivity index (χ1n) is 14.1. The summed E-state index contributed by atoms with van der Waals surface area (Å²) in [7, 11) is 0. The van der Waals surface area contributed by atoms with Gasteiger partial charge in [-0.1, -0.05) is 53.8 Å². The van der Waals surface area contributed by atoms with E-state index in [1.807, 2.05) is 24.3 Å². The quantitative estimate of drug-likeness (QED) is 0.104. The molecule has 5 aromatic rings. The molecule has 4 aromatic carbocycles. The molecule has 0 aliphatic carbocycles. The number of nitrogens with zero attached hydrogens (tertiary/aromatic N) is 3. The maximum Gasteiger partial charge on any atom is 0.343 e. The largest absolute Gasteiger partial charge is 0.463 e. The number of hydrogen-bond acceptors (Lipinski definition) is 9. The van der Waals surface area contributed by atoms with Crippen LogP contribution in [0.2, 0.25) is 0 Å². The molecule has 1 aromatic heterocycles. The lowest BCUT2D eigenvalue weighted by Gasteiger charge is -2.24. The zero-order valence-corrected chi connectivity index (χ0v) is 25.2. The van der Waals surface area contributed by atoms with Crippen molar-refractivity contribution < 1.29 is 28.4 Å². The highest BCUT2D eigenvalue weighted by atomic mass is 32.1. The van der Waals surface area contributed by atoms with Gasteiger partial charge in [-0.3, -0.25) is 19.5 Å². The van der Waals surface area contributed by atoms with Gasteiger partial charge < -0.3 is 9.47 Å². The van der Waals surface area contributed by atoms with Gasteiger partial charge in [-0.15, -0.1) is 0 Å². The van der Waals surface area contributed by atoms with Gasteiger partial charge in [-0.2, -0.15) is 0 Å². The SMILES string of the molecule is CCOC(=O)C1=C(C)N=c2s/c(=C\c3c(OC(=O)c4ccc([N+](=O)[O-])cc4)ccc4ccccc34)c(=O)n2[C@H]1c1ccc(F)cc1. The number of non-ortho nitro benzene ring substituents is 1. The molecular weight excluding hydrogens is 613 g/mol. The van der Waals surface area contributed by atoms with Crippen molar-refractivity contribution in [2.24, 2.45) is 4.99 Å². The molecule has 0 spiro atoms. The number of rotatable bonds is 7. The van der Waals surface area contributed by atoms with E-state index in [1.165, 1.54) is 53.1 Å². The van der Waals surface area contributed by atoms with Crippen molar-refractivity contribution in [3.63, 3.8) is 0 Å². The topological polar surface area (TPSA) is 130 Å². The number of nitro groups is 1. The predicted molar refractivity (Wildman–Crippen MR) is 169 cm³/mol. The Bertz CT molecular complexity index is 2260. The summed E-state index contributed by atoms with van der Waals surface area (Å²) >= 11 is 1.09.